The lowest BCUT2D eigenvalue weighted by Gasteiger charge is -2.10. The molecular weight excluding hydrogens is 459 g/mol. The van der Waals surface area contributed by atoms with Crippen molar-refractivity contribution in [3.05, 3.63) is 89.1 Å². The number of rotatable bonds is 4. The van der Waals surface area contributed by atoms with Crippen LogP contribution in [0, 0.1) is 0 Å². The minimum Gasteiger partial charge on any atom is -0.455 e. The number of anilines is 1. The Morgan fingerprint density at radius 3 is 2.59 bits per heavy atom. The van der Waals surface area contributed by atoms with Crippen LogP contribution in [0.2, 0.25) is 5.02 Å². The van der Waals surface area contributed by atoms with Crippen LogP contribution in [0.4, 0.5) is 18.9 Å². The van der Waals surface area contributed by atoms with Crippen LogP contribution in [0.25, 0.3) is 22.1 Å². The zero-order valence-corrected chi connectivity index (χ0v) is 17.9. The van der Waals surface area contributed by atoms with Crippen LogP contribution >= 0.6 is 23.8 Å². The van der Waals surface area contributed by atoms with E-state index < -0.39 is 11.7 Å². The first-order chi connectivity index (χ1) is 15.3. The Kier molecular flexibility index (Phi) is 6.16. The normalized spacial score (nSPS) is 11.8. The SMILES string of the molecule is FC(F)(F)c1ccc(Cl)c(-c2ccc(/C=N/NC(=S)Nc3cccc4ccccc34)o2)c1. The van der Waals surface area contributed by atoms with Crippen LogP contribution in [0.5, 0.6) is 0 Å². The molecular formula is C23H15ClF3N3OS. The molecule has 0 radical (unpaired) electrons. The topological polar surface area (TPSA) is 49.6 Å². The predicted molar refractivity (Wildman–Crippen MR) is 125 cm³/mol. The second-order valence-electron chi connectivity index (χ2n) is 6.75. The molecule has 4 aromatic rings. The van der Waals surface area contributed by atoms with Crippen LogP contribution < -0.4 is 10.7 Å². The molecule has 32 heavy (non-hydrogen) atoms. The van der Waals surface area contributed by atoms with Gasteiger partial charge in [0.15, 0.2) is 5.11 Å². The summed E-state index contributed by atoms with van der Waals surface area (Å²) in [7, 11) is 0. The summed E-state index contributed by atoms with van der Waals surface area (Å²) in [4.78, 5) is 0. The molecule has 1 aromatic heterocycles. The maximum atomic E-state index is 13.0. The minimum atomic E-state index is -4.48. The van der Waals surface area contributed by atoms with Gasteiger partial charge in [-0.2, -0.15) is 18.3 Å². The van der Waals surface area contributed by atoms with Crippen LogP contribution in [0.15, 0.2) is 82.3 Å². The van der Waals surface area contributed by atoms with Crippen LogP contribution in [0.3, 0.4) is 0 Å². The molecule has 0 saturated heterocycles. The Morgan fingerprint density at radius 1 is 1.00 bits per heavy atom. The second-order valence-corrected chi connectivity index (χ2v) is 7.56. The van der Waals surface area contributed by atoms with Crippen LogP contribution in [-0.2, 0) is 6.18 Å². The van der Waals surface area contributed by atoms with E-state index in [0.717, 1.165) is 28.6 Å². The molecule has 0 saturated carbocycles. The van der Waals surface area contributed by atoms with E-state index in [4.69, 9.17) is 28.2 Å². The highest BCUT2D eigenvalue weighted by Crippen LogP contribution is 2.36. The van der Waals surface area contributed by atoms with Gasteiger partial charge < -0.3 is 9.73 Å². The largest absolute Gasteiger partial charge is 0.455 e. The smallest absolute Gasteiger partial charge is 0.416 e. The van der Waals surface area contributed by atoms with E-state index in [1.54, 1.807) is 6.07 Å². The molecule has 0 aliphatic heterocycles. The van der Waals surface area contributed by atoms with E-state index in [1.165, 1.54) is 18.3 Å². The first kappa shape index (κ1) is 21.9. The monoisotopic (exact) mass is 473 g/mol. The van der Waals surface area contributed by atoms with E-state index in [9.17, 15) is 13.2 Å². The highest BCUT2D eigenvalue weighted by Gasteiger charge is 2.31. The summed E-state index contributed by atoms with van der Waals surface area (Å²) in [5, 5.41) is 9.60. The van der Waals surface area contributed by atoms with Crippen molar-refractivity contribution in [3.63, 3.8) is 0 Å². The van der Waals surface area contributed by atoms with Gasteiger partial charge in [-0.1, -0.05) is 48.0 Å². The molecule has 3 aromatic carbocycles. The van der Waals surface area contributed by atoms with Gasteiger partial charge in [-0.05, 0) is 54.0 Å². The number of halogens is 4. The van der Waals surface area contributed by atoms with Crippen molar-refractivity contribution >= 4 is 51.6 Å². The summed E-state index contributed by atoms with van der Waals surface area (Å²) in [6.45, 7) is 0. The minimum absolute atomic E-state index is 0.141. The number of hydrogen-bond acceptors (Lipinski definition) is 3. The molecule has 0 bridgehead atoms. The van der Waals surface area contributed by atoms with Gasteiger partial charge in [-0.25, -0.2) is 0 Å². The van der Waals surface area contributed by atoms with Crippen molar-refractivity contribution in [1.82, 2.24) is 5.43 Å². The average molecular weight is 474 g/mol. The summed E-state index contributed by atoms with van der Waals surface area (Å²) in [5.74, 6) is 0.507. The van der Waals surface area contributed by atoms with Gasteiger partial charge in [0.2, 0.25) is 0 Å². The lowest BCUT2D eigenvalue weighted by molar-refractivity contribution is -0.137. The maximum Gasteiger partial charge on any atom is 0.416 e. The lowest BCUT2D eigenvalue weighted by atomic mass is 10.1. The van der Waals surface area contributed by atoms with E-state index in [0.29, 0.717) is 5.76 Å². The molecule has 0 aliphatic carbocycles. The Bertz CT molecular complexity index is 1310. The number of thiocarbonyl (C=S) groups is 1. The second kappa shape index (κ2) is 9.02. The summed E-state index contributed by atoms with van der Waals surface area (Å²) in [5.41, 5.74) is 2.85. The summed E-state index contributed by atoms with van der Waals surface area (Å²) in [6.07, 6.45) is -3.12. The molecule has 4 nitrogen and oxygen atoms in total. The van der Waals surface area contributed by atoms with Crippen LogP contribution in [-0.4, -0.2) is 11.3 Å². The molecule has 1 heterocycles. The maximum absolute atomic E-state index is 13.0. The predicted octanol–water partition coefficient (Wildman–Crippen LogP) is 7.09. The van der Waals surface area contributed by atoms with E-state index in [-0.39, 0.29) is 21.5 Å². The molecule has 0 unspecified atom stereocenters. The third-order valence-electron chi connectivity index (χ3n) is 4.58. The molecule has 0 fully saturated rings. The number of hydrogen-bond donors (Lipinski definition) is 2. The first-order valence-corrected chi connectivity index (χ1v) is 10.1. The number of alkyl halides is 3. The van der Waals surface area contributed by atoms with Crippen molar-refractivity contribution in [2.24, 2.45) is 5.10 Å². The van der Waals surface area contributed by atoms with Gasteiger partial charge in [0.25, 0.3) is 0 Å². The molecule has 0 aliphatic rings. The standard InChI is InChI=1S/C23H15ClF3N3OS/c24-19-10-8-15(23(25,26)27)12-18(19)21-11-9-16(31-21)13-28-30-22(32)29-20-7-3-5-14-4-1-2-6-17(14)20/h1-13H,(H2,29,30,32)/b28-13+. The number of benzene rings is 3. The van der Waals surface area contributed by atoms with Gasteiger partial charge in [-0.15, -0.1) is 0 Å². The molecule has 2 N–H and O–H groups in total. The van der Waals surface area contributed by atoms with Gasteiger partial charge in [0, 0.05) is 16.6 Å². The summed E-state index contributed by atoms with van der Waals surface area (Å²) >= 11 is 11.3. The van der Waals surface area contributed by atoms with Crippen molar-refractivity contribution in [3.8, 4) is 11.3 Å². The number of hydrazone groups is 1. The third kappa shape index (κ3) is 4.92. The molecule has 0 spiro atoms. The zero-order chi connectivity index (χ0) is 22.7. The summed E-state index contributed by atoms with van der Waals surface area (Å²) in [6, 6.07) is 19.8. The Hall–Kier alpha value is -3.36. The Morgan fingerprint density at radius 2 is 1.78 bits per heavy atom. The van der Waals surface area contributed by atoms with Crippen molar-refractivity contribution in [2.45, 2.75) is 6.18 Å². The molecule has 0 amide bonds. The fourth-order valence-electron chi connectivity index (χ4n) is 3.10. The number of nitrogens with zero attached hydrogens (tertiary/aromatic N) is 1. The number of fused-ring (bicyclic) bond motifs is 1. The zero-order valence-electron chi connectivity index (χ0n) is 16.3. The lowest BCUT2D eigenvalue weighted by Crippen LogP contribution is -2.23. The van der Waals surface area contributed by atoms with Gasteiger partial charge >= 0.3 is 6.18 Å². The van der Waals surface area contributed by atoms with Gasteiger partial charge in [0.05, 0.1) is 16.8 Å². The average Bonchev–Trinajstić information content (AvgIpc) is 3.22. The van der Waals surface area contributed by atoms with Crippen molar-refractivity contribution in [1.29, 1.82) is 0 Å². The van der Waals surface area contributed by atoms with E-state index in [1.807, 2.05) is 42.5 Å². The van der Waals surface area contributed by atoms with Gasteiger partial charge in [0.1, 0.15) is 11.5 Å². The summed E-state index contributed by atoms with van der Waals surface area (Å²) < 4.78 is 44.5. The van der Waals surface area contributed by atoms with Crippen LogP contribution in [0.1, 0.15) is 11.3 Å². The number of nitrogens with one attached hydrogen (secondary N) is 2. The molecule has 162 valence electrons. The molecule has 0 atom stereocenters. The van der Waals surface area contributed by atoms with E-state index >= 15 is 0 Å². The highest BCUT2D eigenvalue weighted by atomic mass is 35.5. The Labute approximate surface area is 191 Å². The highest BCUT2D eigenvalue weighted by molar-refractivity contribution is 7.80. The molecule has 4 rings (SSSR count). The van der Waals surface area contributed by atoms with Gasteiger partial charge in [-0.3, -0.25) is 5.43 Å². The van der Waals surface area contributed by atoms with Crippen molar-refractivity contribution in [2.75, 3.05) is 5.32 Å². The quantitative estimate of drug-likeness (QED) is 0.189. The fourth-order valence-corrected chi connectivity index (χ4v) is 3.47. The van der Waals surface area contributed by atoms with E-state index in [2.05, 4.69) is 15.8 Å². The Balaban J connectivity index is 1.44. The fraction of sp³-hybridized carbons (Fsp3) is 0.0435. The number of furan rings is 1. The third-order valence-corrected chi connectivity index (χ3v) is 5.10. The van der Waals surface area contributed by atoms with Crippen molar-refractivity contribution < 1.29 is 17.6 Å². The molecule has 9 heteroatoms. The first-order valence-electron chi connectivity index (χ1n) is 9.36.